The molecule has 3 N–H and O–H groups in total. The van der Waals surface area contributed by atoms with Gasteiger partial charge < -0.3 is 16.0 Å². The minimum Gasteiger partial charge on any atom is -0.370 e. The summed E-state index contributed by atoms with van der Waals surface area (Å²) in [5.41, 5.74) is 8.77. The molecule has 3 rings (SSSR count). The molecule has 0 radical (unpaired) electrons. The molecule has 2 amide bonds. The topological polar surface area (TPSA) is 92.5 Å². The predicted octanol–water partition coefficient (Wildman–Crippen LogP) is 2.61. The van der Waals surface area contributed by atoms with Crippen LogP contribution < -0.4 is 11.1 Å². The maximum Gasteiger partial charge on any atom is 0.261 e. The molecule has 0 bridgehead atoms. The zero-order valence-electron chi connectivity index (χ0n) is 16.9. The summed E-state index contributed by atoms with van der Waals surface area (Å²) in [6.07, 6.45) is 2.35. The van der Waals surface area contributed by atoms with Gasteiger partial charge in [-0.3, -0.25) is 14.4 Å². The zero-order chi connectivity index (χ0) is 21.7. The quantitative estimate of drug-likeness (QED) is 0.650. The molecule has 6 nitrogen and oxygen atoms in total. The van der Waals surface area contributed by atoms with Crippen LogP contribution in [0.1, 0.15) is 39.2 Å². The van der Waals surface area contributed by atoms with Gasteiger partial charge in [0.15, 0.2) is 5.78 Å². The fraction of sp³-hybridized carbons (Fsp3) is 0.409. The van der Waals surface area contributed by atoms with Crippen LogP contribution >= 0.6 is 22.9 Å². The van der Waals surface area contributed by atoms with Crippen molar-refractivity contribution >= 4 is 40.5 Å². The Morgan fingerprint density at radius 2 is 1.90 bits per heavy atom. The number of hydrogen-bond donors (Lipinski definition) is 2. The van der Waals surface area contributed by atoms with E-state index in [1.807, 2.05) is 6.07 Å². The van der Waals surface area contributed by atoms with Gasteiger partial charge in [-0.15, -0.1) is 11.3 Å². The van der Waals surface area contributed by atoms with Crippen molar-refractivity contribution in [2.24, 2.45) is 5.73 Å². The fourth-order valence-corrected chi connectivity index (χ4v) is 4.54. The van der Waals surface area contributed by atoms with E-state index >= 15 is 0 Å². The molecule has 8 heteroatoms. The number of thiophene rings is 1. The number of ketones is 1. The molecule has 1 atom stereocenters. The average Bonchev–Trinajstić information content (AvgIpc) is 3.05. The Morgan fingerprint density at radius 3 is 2.57 bits per heavy atom. The van der Waals surface area contributed by atoms with E-state index in [9.17, 15) is 14.4 Å². The molecule has 30 heavy (non-hydrogen) atoms. The summed E-state index contributed by atoms with van der Waals surface area (Å²) in [4.78, 5) is 39.5. The first kappa shape index (κ1) is 22.5. The number of Topliss-reactive ketones (excluding diaryl/α,β-unsaturated/α-hetero) is 1. The normalized spacial score (nSPS) is 15.1. The number of carbonyl (C=O) groups is 3. The van der Waals surface area contributed by atoms with Gasteiger partial charge in [0, 0.05) is 25.9 Å². The molecular formula is C22H26ClN3O3S. The molecule has 160 valence electrons. The van der Waals surface area contributed by atoms with Gasteiger partial charge in [0.2, 0.25) is 5.91 Å². The molecule has 1 aliphatic heterocycles. The molecule has 1 aromatic carbocycles. The van der Waals surface area contributed by atoms with E-state index in [2.05, 4.69) is 29.4 Å². The van der Waals surface area contributed by atoms with Gasteiger partial charge in [0.05, 0.1) is 15.3 Å². The van der Waals surface area contributed by atoms with Gasteiger partial charge >= 0.3 is 0 Å². The molecule has 1 aromatic heterocycles. The Labute approximate surface area is 185 Å². The summed E-state index contributed by atoms with van der Waals surface area (Å²) >= 11 is 7.04. The highest BCUT2D eigenvalue weighted by atomic mass is 35.5. The summed E-state index contributed by atoms with van der Waals surface area (Å²) in [6.45, 7) is 2.02. The van der Waals surface area contributed by atoms with E-state index in [0.29, 0.717) is 9.21 Å². The Bertz CT molecular complexity index is 943. The highest BCUT2D eigenvalue weighted by Gasteiger charge is 2.23. The van der Waals surface area contributed by atoms with Crippen LogP contribution in [0.25, 0.3) is 0 Å². The molecule has 0 saturated carbocycles. The monoisotopic (exact) mass is 447 g/mol. The van der Waals surface area contributed by atoms with Crippen molar-refractivity contribution in [1.29, 1.82) is 0 Å². The number of halogens is 1. The summed E-state index contributed by atoms with van der Waals surface area (Å²) in [6, 6.07) is 8.64. The molecule has 2 aromatic rings. The molecule has 0 saturated heterocycles. The number of primary amides is 1. The van der Waals surface area contributed by atoms with Crippen LogP contribution in [0.4, 0.5) is 0 Å². The van der Waals surface area contributed by atoms with Crippen molar-refractivity contribution in [3.05, 3.63) is 56.2 Å². The van der Waals surface area contributed by atoms with Crippen molar-refractivity contribution in [3.63, 3.8) is 0 Å². The van der Waals surface area contributed by atoms with Gasteiger partial charge in [0.25, 0.3) is 5.91 Å². The van der Waals surface area contributed by atoms with E-state index in [4.69, 9.17) is 17.3 Å². The van der Waals surface area contributed by atoms with Crippen LogP contribution in [0.5, 0.6) is 0 Å². The second-order valence-corrected chi connectivity index (χ2v) is 9.40. The SMILES string of the molecule is CN1CCc2ccc(CC(=O)[C@@H](CCC(N)=O)NC(=O)c3ccc(Cl)s3)cc2CC1. The highest BCUT2D eigenvalue weighted by Crippen LogP contribution is 2.22. The summed E-state index contributed by atoms with van der Waals surface area (Å²) in [5.74, 6) is -1.02. The van der Waals surface area contributed by atoms with Crippen molar-refractivity contribution in [3.8, 4) is 0 Å². The molecular weight excluding hydrogens is 422 g/mol. The average molecular weight is 448 g/mol. The lowest BCUT2D eigenvalue weighted by Gasteiger charge is -2.17. The number of likely N-dealkylation sites (N-methyl/N-ethyl adjacent to an activating group) is 1. The molecule has 1 aliphatic rings. The number of amides is 2. The maximum absolute atomic E-state index is 13.0. The minimum absolute atomic E-state index is 0.0262. The number of benzene rings is 1. The fourth-order valence-electron chi connectivity index (χ4n) is 3.59. The van der Waals surface area contributed by atoms with E-state index in [0.717, 1.165) is 42.8 Å². The standard InChI is InChI=1S/C22H26ClN3O3S/c1-26-10-8-15-3-2-14(12-16(15)9-11-26)13-18(27)17(4-7-21(24)28)25-22(29)19-5-6-20(23)30-19/h2-3,5-6,12,17H,4,7-11,13H2,1H3,(H2,24,28)(H,25,29)/t17-/m1/s1. The molecule has 2 heterocycles. The highest BCUT2D eigenvalue weighted by molar-refractivity contribution is 7.18. The first-order chi connectivity index (χ1) is 14.3. The van der Waals surface area contributed by atoms with E-state index in [1.165, 1.54) is 11.1 Å². The lowest BCUT2D eigenvalue weighted by molar-refractivity contribution is -0.121. The van der Waals surface area contributed by atoms with Crippen LogP contribution in [0.3, 0.4) is 0 Å². The first-order valence-electron chi connectivity index (χ1n) is 9.98. The third-order valence-electron chi connectivity index (χ3n) is 5.35. The number of fused-ring (bicyclic) bond motifs is 1. The zero-order valence-corrected chi connectivity index (χ0v) is 18.5. The molecule has 0 unspecified atom stereocenters. The smallest absolute Gasteiger partial charge is 0.261 e. The Balaban J connectivity index is 1.71. The van der Waals surface area contributed by atoms with Crippen LogP contribution in [0.2, 0.25) is 4.34 Å². The molecule has 0 aliphatic carbocycles. The Morgan fingerprint density at radius 1 is 1.17 bits per heavy atom. The summed E-state index contributed by atoms with van der Waals surface area (Å²) < 4.78 is 0.496. The van der Waals surface area contributed by atoms with Crippen molar-refractivity contribution < 1.29 is 14.4 Å². The first-order valence-corrected chi connectivity index (χ1v) is 11.2. The van der Waals surface area contributed by atoms with Crippen LogP contribution in [-0.2, 0) is 28.9 Å². The van der Waals surface area contributed by atoms with E-state index < -0.39 is 11.9 Å². The summed E-state index contributed by atoms with van der Waals surface area (Å²) in [7, 11) is 2.11. The predicted molar refractivity (Wildman–Crippen MR) is 119 cm³/mol. The lowest BCUT2D eigenvalue weighted by atomic mass is 9.95. The van der Waals surface area contributed by atoms with Gasteiger partial charge in [-0.05, 0) is 55.1 Å². The van der Waals surface area contributed by atoms with Crippen LogP contribution in [0, 0.1) is 0 Å². The van der Waals surface area contributed by atoms with Crippen molar-refractivity contribution in [2.45, 2.75) is 38.1 Å². The lowest BCUT2D eigenvalue weighted by Crippen LogP contribution is -2.42. The van der Waals surface area contributed by atoms with Crippen molar-refractivity contribution in [1.82, 2.24) is 10.2 Å². The van der Waals surface area contributed by atoms with Crippen LogP contribution in [0.15, 0.2) is 30.3 Å². The largest absolute Gasteiger partial charge is 0.370 e. The van der Waals surface area contributed by atoms with Gasteiger partial charge in [-0.25, -0.2) is 0 Å². The molecule has 0 spiro atoms. The number of rotatable bonds is 8. The third kappa shape index (κ3) is 6.14. The second-order valence-electron chi connectivity index (χ2n) is 7.68. The van der Waals surface area contributed by atoms with Crippen molar-refractivity contribution in [2.75, 3.05) is 20.1 Å². The second kappa shape index (κ2) is 10.2. The third-order valence-corrected chi connectivity index (χ3v) is 6.58. The van der Waals surface area contributed by atoms with Crippen LogP contribution in [-0.4, -0.2) is 48.7 Å². The number of nitrogens with zero attached hydrogens (tertiary/aromatic N) is 1. The maximum atomic E-state index is 13.0. The van der Waals surface area contributed by atoms with Gasteiger partial charge in [-0.1, -0.05) is 29.8 Å². The minimum atomic E-state index is -0.782. The van der Waals surface area contributed by atoms with E-state index in [-0.39, 0.29) is 31.0 Å². The summed E-state index contributed by atoms with van der Waals surface area (Å²) in [5, 5.41) is 2.75. The molecule has 0 fully saturated rings. The van der Waals surface area contributed by atoms with Gasteiger partial charge in [-0.2, -0.15) is 0 Å². The number of carbonyl (C=O) groups excluding carboxylic acids is 3. The van der Waals surface area contributed by atoms with Gasteiger partial charge in [0.1, 0.15) is 0 Å². The Hall–Kier alpha value is -2.22. The number of nitrogens with two attached hydrogens (primary N) is 1. The van der Waals surface area contributed by atoms with E-state index in [1.54, 1.807) is 12.1 Å². The number of nitrogens with one attached hydrogen (secondary N) is 1. The number of hydrogen-bond acceptors (Lipinski definition) is 5. The Kier molecular flexibility index (Phi) is 7.64.